The first kappa shape index (κ1) is 22.7. The zero-order valence-electron chi connectivity index (χ0n) is 18.1. The normalized spacial score (nSPS) is 14.0. The van der Waals surface area contributed by atoms with E-state index in [1.54, 1.807) is 36.4 Å². The summed E-state index contributed by atoms with van der Waals surface area (Å²) in [6.07, 6.45) is 1.53. The minimum absolute atomic E-state index is 0.0188. The second-order valence-corrected chi connectivity index (χ2v) is 7.20. The third-order valence-corrected chi connectivity index (χ3v) is 4.78. The van der Waals surface area contributed by atoms with E-state index in [1.807, 2.05) is 6.92 Å². The molecule has 0 N–H and O–H groups in total. The van der Waals surface area contributed by atoms with Crippen LogP contribution in [0.5, 0.6) is 11.5 Å². The van der Waals surface area contributed by atoms with Gasteiger partial charge in [0.1, 0.15) is 12.4 Å². The van der Waals surface area contributed by atoms with Crippen LogP contribution >= 0.6 is 0 Å². The molecule has 0 atom stereocenters. The predicted molar refractivity (Wildman–Crippen MR) is 122 cm³/mol. The SMILES string of the molecule is CCOc1cc(/C=C2\N=C(c3cccc(F)c3)OC2=O)ccc1OCc1cccc([N+](=O)[O-])c1. The molecular weight excluding hydrogens is 443 g/mol. The van der Waals surface area contributed by atoms with Crippen LogP contribution in [-0.2, 0) is 16.1 Å². The highest BCUT2D eigenvalue weighted by Crippen LogP contribution is 2.31. The van der Waals surface area contributed by atoms with E-state index in [0.29, 0.717) is 34.8 Å². The van der Waals surface area contributed by atoms with Crippen LogP contribution < -0.4 is 9.47 Å². The van der Waals surface area contributed by atoms with Crippen LogP contribution in [0.2, 0.25) is 0 Å². The average Bonchev–Trinajstić information content (AvgIpc) is 3.19. The fourth-order valence-corrected chi connectivity index (χ4v) is 3.23. The molecule has 0 saturated carbocycles. The van der Waals surface area contributed by atoms with E-state index in [2.05, 4.69) is 4.99 Å². The monoisotopic (exact) mass is 462 g/mol. The Balaban J connectivity index is 1.55. The third kappa shape index (κ3) is 5.26. The van der Waals surface area contributed by atoms with Gasteiger partial charge in [0.2, 0.25) is 5.90 Å². The summed E-state index contributed by atoms with van der Waals surface area (Å²) in [4.78, 5) is 26.9. The molecule has 1 aliphatic heterocycles. The van der Waals surface area contributed by atoms with Crippen molar-refractivity contribution in [1.29, 1.82) is 0 Å². The molecular formula is C25H19FN2O6. The summed E-state index contributed by atoms with van der Waals surface area (Å²) >= 11 is 0. The van der Waals surface area contributed by atoms with E-state index >= 15 is 0 Å². The molecule has 0 unspecified atom stereocenters. The molecule has 3 aromatic rings. The van der Waals surface area contributed by atoms with Crippen LogP contribution in [0.4, 0.5) is 10.1 Å². The van der Waals surface area contributed by atoms with Crippen molar-refractivity contribution in [3.05, 3.63) is 105 Å². The van der Waals surface area contributed by atoms with E-state index < -0.39 is 16.7 Å². The Morgan fingerprint density at radius 2 is 1.88 bits per heavy atom. The topological polar surface area (TPSA) is 100 Å². The number of nitro groups is 1. The lowest BCUT2D eigenvalue weighted by molar-refractivity contribution is -0.384. The van der Waals surface area contributed by atoms with Crippen molar-refractivity contribution >= 4 is 23.6 Å². The second kappa shape index (κ2) is 9.95. The number of non-ortho nitro benzene ring substituents is 1. The average molecular weight is 462 g/mol. The van der Waals surface area contributed by atoms with Gasteiger partial charge < -0.3 is 14.2 Å². The molecule has 172 valence electrons. The molecule has 0 saturated heterocycles. The van der Waals surface area contributed by atoms with Crippen molar-refractivity contribution in [2.75, 3.05) is 6.61 Å². The van der Waals surface area contributed by atoms with Crippen LogP contribution in [0.3, 0.4) is 0 Å². The zero-order valence-corrected chi connectivity index (χ0v) is 18.1. The molecule has 0 aliphatic carbocycles. The highest BCUT2D eigenvalue weighted by atomic mass is 19.1. The maximum absolute atomic E-state index is 13.5. The molecule has 34 heavy (non-hydrogen) atoms. The lowest BCUT2D eigenvalue weighted by atomic mass is 10.1. The maximum atomic E-state index is 13.5. The summed E-state index contributed by atoms with van der Waals surface area (Å²) in [5.41, 5.74) is 1.65. The summed E-state index contributed by atoms with van der Waals surface area (Å²) in [7, 11) is 0. The van der Waals surface area contributed by atoms with Crippen molar-refractivity contribution in [2.24, 2.45) is 4.99 Å². The van der Waals surface area contributed by atoms with Crippen LogP contribution in [0.15, 0.2) is 77.4 Å². The molecule has 3 aromatic carbocycles. The van der Waals surface area contributed by atoms with Crippen LogP contribution in [0.25, 0.3) is 6.08 Å². The lowest BCUT2D eigenvalue weighted by Gasteiger charge is -2.13. The number of hydrogen-bond acceptors (Lipinski definition) is 7. The van der Waals surface area contributed by atoms with Crippen molar-refractivity contribution in [3.8, 4) is 11.5 Å². The number of carbonyl (C=O) groups is 1. The van der Waals surface area contributed by atoms with Gasteiger partial charge >= 0.3 is 5.97 Å². The molecule has 0 fully saturated rings. The van der Waals surface area contributed by atoms with E-state index in [4.69, 9.17) is 14.2 Å². The first-order valence-electron chi connectivity index (χ1n) is 10.3. The van der Waals surface area contributed by atoms with Gasteiger partial charge in [-0.1, -0.05) is 24.3 Å². The van der Waals surface area contributed by atoms with Gasteiger partial charge in [-0.2, -0.15) is 0 Å². The number of nitrogens with zero attached hydrogens (tertiary/aromatic N) is 2. The van der Waals surface area contributed by atoms with E-state index in [-0.39, 0.29) is 23.9 Å². The van der Waals surface area contributed by atoms with E-state index in [0.717, 1.165) is 0 Å². The minimum Gasteiger partial charge on any atom is -0.490 e. The first-order valence-corrected chi connectivity index (χ1v) is 10.3. The Bertz CT molecular complexity index is 1320. The lowest BCUT2D eigenvalue weighted by Crippen LogP contribution is -2.05. The summed E-state index contributed by atoms with van der Waals surface area (Å²) < 4.78 is 30.1. The highest BCUT2D eigenvalue weighted by Gasteiger charge is 2.24. The second-order valence-electron chi connectivity index (χ2n) is 7.20. The summed E-state index contributed by atoms with van der Waals surface area (Å²) in [6, 6.07) is 16.9. The molecule has 9 heteroatoms. The Kier molecular flexibility index (Phi) is 6.63. The van der Waals surface area contributed by atoms with Crippen molar-refractivity contribution in [2.45, 2.75) is 13.5 Å². The Labute approximate surface area is 194 Å². The van der Waals surface area contributed by atoms with Crippen LogP contribution in [-0.4, -0.2) is 23.4 Å². The number of carbonyl (C=O) groups excluding carboxylic acids is 1. The van der Waals surface area contributed by atoms with Gasteiger partial charge in [-0.3, -0.25) is 10.1 Å². The van der Waals surface area contributed by atoms with Crippen LogP contribution in [0, 0.1) is 15.9 Å². The fourth-order valence-electron chi connectivity index (χ4n) is 3.23. The Hall–Kier alpha value is -4.53. The van der Waals surface area contributed by atoms with E-state index in [9.17, 15) is 19.3 Å². The standard InChI is InChI=1S/C25H19FN2O6/c1-2-32-23-13-16(9-10-22(23)33-15-17-5-3-8-20(11-17)28(30)31)12-21-25(29)34-24(27-21)18-6-4-7-19(26)14-18/h3-14H,2,15H2,1H3/b21-12-. The predicted octanol–water partition coefficient (Wildman–Crippen LogP) is 5.06. The number of halogens is 1. The number of hydrogen-bond donors (Lipinski definition) is 0. The van der Waals surface area contributed by atoms with Gasteiger partial charge in [0.25, 0.3) is 5.69 Å². The molecule has 0 radical (unpaired) electrons. The fraction of sp³-hybridized carbons (Fsp3) is 0.120. The number of rotatable bonds is 8. The summed E-state index contributed by atoms with van der Waals surface area (Å²) in [5, 5.41) is 11.0. The molecule has 1 aliphatic rings. The molecule has 1 heterocycles. The number of ether oxygens (including phenoxy) is 3. The number of cyclic esters (lactones) is 1. The Morgan fingerprint density at radius 3 is 2.65 bits per heavy atom. The first-order chi connectivity index (χ1) is 16.4. The van der Waals surface area contributed by atoms with Gasteiger partial charge in [0, 0.05) is 17.7 Å². The van der Waals surface area contributed by atoms with Gasteiger partial charge in [-0.15, -0.1) is 0 Å². The van der Waals surface area contributed by atoms with Crippen molar-refractivity contribution in [1.82, 2.24) is 0 Å². The summed E-state index contributed by atoms with van der Waals surface area (Å²) in [6.45, 7) is 2.30. The zero-order chi connectivity index (χ0) is 24.1. The molecule has 0 aromatic heterocycles. The number of esters is 1. The summed E-state index contributed by atoms with van der Waals surface area (Å²) in [5.74, 6) is -0.215. The van der Waals surface area contributed by atoms with Crippen LogP contribution in [0.1, 0.15) is 23.6 Å². The molecule has 0 spiro atoms. The van der Waals surface area contributed by atoms with Crippen molar-refractivity contribution < 1.29 is 28.3 Å². The van der Waals surface area contributed by atoms with E-state index in [1.165, 1.54) is 36.4 Å². The molecule has 8 nitrogen and oxygen atoms in total. The van der Waals surface area contributed by atoms with Gasteiger partial charge in [0.05, 0.1) is 11.5 Å². The van der Waals surface area contributed by atoms with Gasteiger partial charge in [-0.05, 0) is 54.5 Å². The number of aliphatic imine (C=N–C) groups is 1. The third-order valence-electron chi connectivity index (χ3n) is 4.78. The van der Waals surface area contributed by atoms with Gasteiger partial charge in [0.15, 0.2) is 17.2 Å². The largest absolute Gasteiger partial charge is 0.490 e. The number of nitro benzene ring substituents is 1. The quantitative estimate of drug-likeness (QED) is 0.201. The maximum Gasteiger partial charge on any atom is 0.363 e. The smallest absolute Gasteiger partial charge is 0.363 e. The molecule has 0 bridgehead atoms. The molecule has 4 rings (SSSR count). The number of benzene rings is 3. The minimum atomic E-state index is -0.650. The molecule has 0 amide bonds. The van der Waals surface area contributed by atoms with Crippen molar-refractivity contribution in [3.63, 3.8) is 0 Å². The highest BCUT2D eigenvalue weighted by molar-refractivity contribution is 6.12. The van der Waals surface area contributed by atoms with Gasteiger partial charge in [-0.25, -0.2) is 14.2 Å². The Morgan fingerprint density at radius 1 is 1.06 bits per heavy atom.